The van der Waals surface area contributed by atoms with Crippen molar-refractivity contribution in [3.63, 3.8) is 0 Å². The second-order valence-electron chi connectivity index (χ2n) is 3.95. The van der Waals surface area contributed by atoms with E-state index < -0.39 is 0 Å². The fraction of sp³-hybridized carbons (Fsp3) is 0. The molecule has 0 N–H and O–H groups in total. The van der Waals surface area contributed by atoms with Gasteiger partial charge in [0.15, 0.2) is 5.78 Å². The predicted octanol–water partition coefficient (Wildman–Crippen LogP) is 4.79. The van der Waals surface area contributed by atoms with Crippen molar-refractivity contribution in [1.82, 2.24) is 0 Å². The third kappa shape index (κ3) is 1.84. The lowest BCUT2D eigenvalue weighted by Gasteiger charge is -2.04. The Hall–Kier alpha value is -1.64. The summed E-state index contributed by atoms with van der Waals surface area (Å²) in [6.07, 6.45) is 0. The molecular formula is C15H9ClOS. The van der Waals surface area contributed by atoms with Gasteiger partial charge in [-0.15, -0.1) is 11.3 Å². The Kier molecular flexibility index (Phi) is 2.90. The van der Waals surface area contributed by atoms with Crippen molar-refractivity contribution in [2.75, 3.05) is 0 Å². The molecule has 3 rings (SSSR count). The Bertz CT molecular complexity index is 730. The van der Waals surface area contributed by atoms with Crippen LogP contribution in [0.5, 0.6) is 0 Å². The van der Waals surface area contributed by atoms with Gasteiger partial charge >= 0.3 is 0 Å². The molecule has 3 aromatic rings. The molecule has 2 aromatic carbocycles. The molecule has 0 atom stereocenters. The first-order valence-corrected chi connectivity index (χ1v) is 6.78. The van der Waals surface area contributed by atoms with Crippen LogP contribution in [0.4, 0.5) is 0 Å². The summed E-state index contributed by atoms with van der Waals surface area (Å²) in [6.45, 7) is 0. The van der Waals surface area contributed by atoms with Crippen LogP contribution < -0.4 is 0 Å². The number of rotatable bonds is 2. The van der Waals surface area contributed by atoms with E-state index in [4.69, 9.17) is 11.6 Å². The zero-order valence-corrected chi connectivity index (χ0v) is 11.0. The van der Waals surface area contributed by atoms with E-state index in [1.54, 1.807) is 23.5 Å². The Morgan fingerprint density at radius 3 is 2.56 bits per heavy atom. The Balaban J connectivity index is 2.18. The lowest BCUT2D eigenvalue weighted by atomic mass is 10.0. The second-order valence-corrected chi connectivity index (χ2v) is 5.28. The zero-order chi connectivity index (χ0) is 12.5. The summed E-state index contributed by atoms with van der Waals surface area (Å²) in [5.74, 6) is -0.0198. The topological polar surface area (TPSA) is 17.1 Å². The van der Waals surface area contributed by atoms with E-state index in [1.807, 2.05) is 41.8 Å². The minimum absolute atomic E-state index is 0.0198. The summed E-state index contributed by atoms with van der Waals surface area (Å²) in [5, 5.41) is 3.59. The highest BCUT2D eigenvalue weighted by Crippen LogP contribution is 2.28. The quantitative estimate of drug-likeness (QED) is 0.613. The van der Waals surface area contributed by atoms with Gasteiger partial charge in [0.05, 0.1) is 5.02 Å². The number of carbonyl (C=O) groups is 1. The number of ketones is 1. The van der Waals surface area contributed by atoms with Gasteiger partial charge in [0.25, 0.3) is 0 Å². The molecule has 3 heteroatoms. The minimum Gasteiger partial charge on any atom is -0.289 e. The van der Waals surface area contributed by atoms with E-state index in [9.17, 15) is 4.79 Å². The first-order valence-electron chi connectivity index (χ1n) is 5.53. The molecule has 1 heterocycles. The maximum Gasteiger partial charge on any atom is 0.195 e. The van der Waals surface area contributed by atoms with E-state index >= 15 is 0 Å². The summed E-state index contributed by atoms with van der Waals surface area (Å²) in [7, 11) is 0. The first-order chi connectivity index (χ1) is 8.77. The lowest BCUT2D eigenvalue weighted by Crippen LogP contribution is -2.01. The SMILES string of the molecule is O=C(c1ccccc1Cl)c1cccc2ccsc12. The number of carbonyl (C=O) groups excluding carboxylic acids is 1. The molecule has 0 saturated carbocycles. The van der Waals surface area contributed by atoms with Crippen LogP contribution in [0.2, 0.25) is 5.02 Å². The highest BCUT2D eigenvalue weighted by molar-refractivity contribution is 7.17. The van der Waals surface area contributed by atoms with Gasteiger partial charge in [-0.25, -0.2) is 0 Å². The lowest BCUT2D eigenvalue weighted by molar-refractivity contribution is 0.104. The predicted molar refractivity (Wildman–Crippen MR) is 76.7 cm³/mol. The van der Waals surface area contributed by atoms with Crippen LogP contribution in [0.25, 0.3) is 10.1 Å². The molecule has 88 valence electrons. The molecule has 0 unspecified atom stereocenters. The molecule has 0 amide bonds. The van der Waals surface area contributed by atoms with E-state index in [1.165, 1.54) is 0 Å². The van der Waals surface area contributed by atoms with Gasteiger partial charge < -0.3 is 0 Å². The minimum atomic E-state index is -0.0198. The van der Waals surface area contributed by atoms with Crippen molar-refractivity contribution in [1.29, 1.82) is 0 Å². The third-order valence-electron chi connectivity index (χ3n) is 2.84. The van der Waals surface area contributed by atoms with Crippen molar-refractivity contribution in [3.05, 3.63) is 70.1 Å². The van der Waals surface area contributed by atoms with Crippen LogP contribution in [0.1, 0.15) is 15.9 Å². The number of benzene rings is 2. The summed E-state index contributed by atoms with van der Waals surface area (Å²) in [4.78, 5) is 12.5. The molecule has 0 aliphatic rings. The average Bonchev–Trinajstić information content (AvgIpc) is 2.86. The second kappa shape index (κ2) is 4.56. The maximum atomic E-state index is 12.5. The molecule has 0 fully saturated rings. The van der Waals surface area contributed by atoms with E-state index in [0.29, 0.717) is 10.6 Å². The van der Waals surface area contributed by atoms with Gasteiger partial charge in [0.1, 0.15) is 0 Å². The highest BCUT2D eigenvalue weighted by atomic mass is 35.5. The molecule has 0 saturated heterocycles. The van der Waals surface area contributed by atoms with Crippen LogP contribution in [-0.4, -0.2) is 5.78 Å². The molecule has 18 heavy (non-hydrogen) atoms. The maximum absolute atomic E-state index is 12.5. The molecule has 0 bridgehead atoms. The van der Waals surface area contributed by atoms with Crippen LogP contribution in [0, 0.1) is 0 Å². The van der Waals surface area contributed by atoms with Gasteiger partial charge in [-0.1, -0.05) is 35.9 Å². The smallest absolute Gasteiger partial charge is 0.195 e. The monoisotopic (exact) mass is 272 g/mol. The zero-order valence-electron chi connectivity index (χ0n) is 9.39. The summed E-state index contributed by atoms with van der Waals surface area (Å²) < 4.78 is 1.02. The number of hydrogen-bond donors (Lipinski definition) is 0. The molecule has 0 radical (unpaired) electrons. The fourth-order valence-electron chi connectivity index (χ4n) is 1.96. The fourth-order valence-corrected chi connectivity index (χ4v) is 3.09. The molecule has 1 nitrogen and oxygen atoms in total. The Morgan fingerprint density at radius 2 is 1.72 bits per heavy atom. The normalized spacial score (nSPS) is 10.7. The van der Waals surface area contributed by atoms with Crippen molar-refractivity contribution < 1.29 is 4.79 Å². The van der Waals surface area contributed by atoms with Crippen molar-refractivity contribution in [2.45, 2.75) is 0 Å². The molecule has 0 aliphatic heterocycles. The van der Waals surface area contributed by atoms with E-state index in [0.717, 1.165) is 15.6 Å². The van der Waals surface area contributed by atoms with Crippen LogP contribution in [0.3, 0.4) is 0 Å². The van der Waals surface area contributed by atoms with Gasteiger partial charge in [0.2, 0.25) is 0 Å². The summed E-state index contributed by atoms with van der Waals surface area (Å²) >= 11 is 7.66. The van der Waals surface area contributed by atoms with Gasteiger partial charge in [-0.2, -0.15) is 0 Å². The number of halogens is 1. The summed E-state index contributed by atoms with van der Waals surface area (Å²) in [5.41, 5.74) is 1.27. The highest BCUT2D eigenvalue weighted by Gasteiger charge is 2.15. The number of hydrogen-bond acceptors (Lipinski definition) is 2. The van der Waals surface area contributed by atoms with Crippen molar-refractivity contribution >= 4 is 38.8 Å². The number of thiophene rings is 1. The van der Waals surface area contributed by atoms with Gasteiger partial charge in [0, 0.05) is 15.8 Å². The van der Waals surface area contributed by atoms with Gasteiger partial charge in [-0.05, 0) is 35.0 Å². The van der Waals surface area contributed by atoms with Crippen LogP contribution in [-0.2, 0) is 0 Å². The number of fused-ring (bicyclic) bond motifs is 1. The molecule has 1 aromatic heterocycles. The first kappa shape index (κ1) is 11.5. The standard InChI is InChI=1S/C15H9ClOS/c16-13-7-2-1-5-11(13)14(17)12-6-3-4-10-8-9-18-15(10)12/h1-9H. The molecular weight excluding hydrogens is 264 g/mol. The molecule has 0 spiro atoms. The third-order valence-corrected chi connectivity index (χ3v) is 4.14. The van der Waals surface area contributed by atoms with Crippen LogP contribution >= 0.6 is 22.9 Å². The Labute approximate surface area is 114 Å². The van der Waals surface area contributed by atoms with Crippen molar-refractivity contribution in [3.8, 4) is 0 Å². The van der Waals surface area contributed by atoms with E-state index in [2.05, 4.69) is 0 Å². The molecule has 0 aliphatic carbocycles. The van der Waals surface area contributed by atoms with Gasteiger partial charge in [-0.3, -0.25) is 4.79 Å². The average molecular weight is 273 g/mol. The summed E-state index contributed by atoms with van der Waals surface area (Å²) in [6, 6.07) is 14.9. The van der Waals surface area contributed by atoms with Crippen LogP contribution in [0.15, 0.2) is 53.9 Å². The van der Waals surface area contributed by atoms with Crippen molar-refractivity contribution in [2.24, 2.45) is 0 Å². The largest absolute Gasteiger partial charge is 0.289 e. The van der Waals surface area contributed by atoms with E-state index in [-0.39, 0.29) is 5.78 Å². The Morgan fingerprint density at radius 1 is 0.944 bits per heavy atom.